The number of hydrogen-bond donors (Lipinski definition) is 1. The van der Waals surface area contributed by atoms with Crippen LogP contribution in [0.1, 0.15) is 64.7 Å². The van der Waals surface area contributed by atoms with Crippen LogP contribution in [-0.4, -0.2) is 29.6 Å². The van der Waals surface area contributed by atoms with Crippen molar-refractivity contribution in [3.05, 3.63) is 0 Å². The summed E-state index contributed by atoms with van der Waals surface area (Å²) in [6.07, 6.45) is 12.8. The van der Waals surface area contributed by atoms with Gasteiger partial charge in [0.1, 0.15) is 0 Å². The fourth-order valence-electron chi connectivity index (χ4n) is 5.17. The van der Waals surface area contributed by atoms with Crippen molar-refractivity contribution in [1.29, 1.82) is 0 Å². The lowest BCUT2D eigenvalue weighted by atomic mass is 9.84. The predicted molar refractivity (Wildman–Crippen MR) is 76.5 cm³/mol. The Labute approximate surface area is 112 Å². The third-order valence-corrected chi connectivity index (χ3v) is 6.25. The molecule has 0 spiro atoms. The molecule has 2 nitrogen and oxygen atoms in total. The molecule has 0 amide bonds. The van der Waals surface area contributed by atoms with E-state index in [-0.39, 0.29) is 0 Å². The molecule has 2 heteroatoms. The van der Waals surface area contributed by atoms with Gasteiger partial charge < -0.3 is 5.73 Å². The van der Waals surface area contributed by atoms with Gasteiger partial charge in [0.25, 0.3) is 0 Å². The first-order valence-electron chi connectivity index (χ1n) is 8.26. The van der Waals surface area contributed by atoms with Crippen molar-refractivity contribution >= 4 is 0 Å². The van der Waals surface area contributed by atoms with Crippen LogP contribution in [0.4, 0.5) is 0 Å². The minimum atomic E-state index is 0.383. The number of nitrogens with two attached hydrogens (primary N) is 1. The van der Waals surface area contributed by atoms with Crippen LogP contribution < -0.4 is 5.73 Å². The number of piperidine rings is 1. The molecule has 0 aromatic carbocycles. The van der Waals surface area contributed by atoms with Gasteiger partial charge in [-0.05, 0) is 63.3 Å². The highest BCUT2D eigenvalue weighted by molar-refractivity contribution is 5.04. The molecular formula is C16H30N2. The highest BCUT2D eigenvalue weighted by atomic mass is 15.3. The van der Waals surface area contributed by atoms with E-state index >= 15 is 0 Å². The Morgan fingerprint density at radius 1 is 1.17 bits per heavy atom. The zero-order chi connectivity index (χ0) is 12.6. The summed E-state index contributed by atoms with van der Waals surface area (Å²) in [5.74, 6) is 1.94. The van der Waals surface area contributed by atoms with Gasteiger partial charge in [0, 0.05) is 18.1 Å². The first-order chi connectivity index (χ1) is 8.79. The molecule has 2 N–H and O–H groups in total. The summed E-state index contributed by atoms with van der Waals surface area (Å²) in [6.45, 7) is 4.58. The van der Waals surface area contributed by atoms with E-state index in [2.05, 4.69) is 11.8 Å². The molecule has 3 rings (SSSR count). The van der Waals surface area contributed by atoms with Gasteiger partial charge in [-0.15, -0.1) is 0 Å². The van der Waals surface area contributed by atoms with E-state index in [1.807, 2.05) is 0 Å². The molecule has 0 aromatic heterocycles. The fourth-order valence-corrected chi connectivity index (χ4v) is 5.17. The fraction of sp³-hybridized carbons (Fsp3) is 1.00. The molecule has 3 aliphatic rings. The minimum absolute atomic E-state index is 0.383. The van der Waals surface area contributed by atoms with Crippen LogP contribution in [0.25, 0.3) is 0 Å². The average Bonchev–Trinajstić information content (AvgIpc) is 3.05. The number of rotatable bonds is 3. The van der Waals surface area contributed by atoms with Crippen LogP contribution in [0, 0.1) is 11.8 Å². The van der Waals surface area contributed by atoms with Gasteiger partial charge in [0.15, 0.2) is 0 Å². The highest BCUT2D eigenvalue weighted by Crippen LogP contribution is 2.46. The summed E-state index contributed by atoms with van der Waals surface area (Å²) in [4.78, 5) is 2.89. The topological polar surface area (TPSA) is 29.3 Å². The molecule has 1 saturated heterocycles. The highest BCUT2D eigenvalue weighted by Gasteiger charge is 2.48. The number of fused-ring (bicyclic) bond motifs is 1. The zero-order valence-electron chi connectivity index (χ0n) is 12.0. The van der Waals surface area contributed by atoms with Gasteiger partial charge >= 0.3 is 0 Å². The van der Waals surface area contributed by atoms with Gasteiger partial charge in [0.2, 0.25) is 0 Å². The summed E-state index contributed by atoms with van der Waals surface area (Å²) < 4.78 is 0. The standard InChI is InChI=1S/C16H30N2/c1-2-13-8-9-16(11-13,12-17)18-10-4-6-14-5-3-7-15(14)18/h13-15H,2-12,17H2,1H3. The average molecular weight is 250 g/mol. The Morgan fingerprint density at radius 2 is 2.00 bits per heavy atom. The van der Waals surface area contributed by atoms with Gasteiger partial charge in [0.05, 0.1) is 0 Å². The molecule has 4 atom stereocenters. The Morgan fingerprint density at radius 3 is 2.72 bits per heavy atom. The Hall–Kier alpha value is -0.0800. The SMILES string of the molecule is CCC1CCC(CN)(N2CCCC3CCCC32)C1. The number of likely N-dealkylation sites (tertiary alicyclic amines) is 1. The van der Waals surface area contributed by atoms with Crippen molar-refractivity contribution < 1.29 is 0 Å². The molecular weight excluding hydrogens is 220 g/mol. The smallest absolute Gasteiger partial charge is 0.0337 e. The van der Waals surface area contributed by atoms with E-state index in [0.717, 1.165) is 24.4 Å². The van der Waals surface area contributed by atoms with Gasteiger partial charge in [-0.1, -0.05) is 19.8 Å². The molecule has 1 aliphatic heterocycles. The third-order valence-electron chi connectivity index (χ3n) is 6.25. The van der Waals surface area contributed by atoms with Crippen molar-refractivity contribution in [2.24, 2.45) is 17.6 Å². The van der Waals surface area contributed by atoms with E-state index in [4.69, 9.17) is 5.73 Å². The lowest BCUT2D eigenvalue weighted by molar-refractivity contribution is 0.00450. The second-order valence-electron chi connectivity index (χ2n) is 7.04. The maximum absolute atomic E-state index is 6.26. The van der Waals surface area contributed by atoms with Crippen molar-refractivity contribution in [2.45, 2.75) is 76.3 Å². The lowest BCUT2D eigenvalue weighted by Crippen LogP contribution is -2.59. The summed E-state index contributed by atoms with van der Waals surface area (Å²) >= 11 is 0. The molecule has 0 aromatic rings. The second-order valence-corrected chi connectivity index (χ2v) is 7.04. The van der Waals surface area contributed by atoms with Crippen LogP contribution in [0.2, 0.25) is 0 Å². The lowest BCUT2D eigenvalue weighted by Gasteiger charge is -2.49. The zero-order valence-corrected chi connectivity index (χ0v) is 12.0. The van der Waals surface area contributed by atoms with E-state index in [0.29, 0.717) is 5.54 Å². The van der Waals surface area contributed by atoms with Crippen LogP contribution in [0.3, 0.4) is 0 Å². The van der Waals surface area contributed by atoms with Crippen LogP contribution in [0.15, 0.2) is 0 Å². The van der Waals surface area contributed by atoms with E-state index < -0.39 is 0 Å². The van der Waals surface area contributed by atoms with Crippen molar-refractivity contribution in [2.75, 3.05) is 13.1 Å². The van der Waals surface area contributed by atoms with Gasteiger partial charge in [-0.2, -0.15) is 0 Å². The second kappa shape index (κ2) is 5.13. The number of nitrogens with zero attached hydrogens (tertiary/aromatic N) is 1. The number of hydrogen-bond acceptors (Lipinski definition) is 2. The first-order valence-corrected chi connectivity index (χ1v) is 8.26. The third kappa shape index (κ3) is 2.02. The molecule has 18 heavy (non-hydrogen) atoms. The van der Waals surface area contributed by atoms with E-state index in [9.17, 15) is 0 Å². The molecule has 4 unspecified atom stereocenters. The molecule has 2 saturated carbocycles. The van der Waals surface area contributed by atoms with Gasteiger partial charge in [-0.25, -0.2) is 0 Å². The van der Waals surface area contributed by atoms with Crippen molar-refractivity contribution in [3.63, 3.8) is 0 Å². The predicted octanol–water partition coefficient (Wildman–Crippen LogP) is 3.16. The summed E-state index contributed by atoms with van der Waals surface area (Å²) in [5, 5.41) is 0. The molecule has 104 valence electrons. The maximum Gasteiger partial charge on any atom is 0.0337 e. The largest absolute Gasteiger partial charge is 0.329 e. The minimum Gasteiger partial charge on any atom is -0.329 e. The van der Waals surface area contributed by atoms with Crippen LogP contribution >= 0.6 is 0 Å². The molecule has 1 heterocycles. The van der Waals surface area contributed by atoms with Gasteiger partial charge in [-0.3, -0.25) is 4.90 Å². The van der Waals surface area contributed by atoms with Crippen LogP contribution in [0.5, 0.6) is 0 Å². The van der Waals surface area contributed by atoms with Crippen molar-refractivity contribution in [3.8, 4) is 0 Å². The molecule has 2 aliphatic carbocycles. The summed E-state index contributed by atoms with van der Waals surface area (Å²) in [7, 11) is 0. The normalized spacial score (nSPS) is 45.3. The Bertz CT molecular complexity index is 291. The van der Waals surface area contributed by atoms with E-state index in [1.54, 1.807) is 0 Å². The van der Waals surface area contributed by atoms with E-state index in [1.165, 1.54) is 64.3 Å². The maximum atomic E-state index is 6.26. The van der Waals surface area contributed by atoms with Crippen molar-refractivity contribution in [1.82, 2.24) is 4.90 Å². The molecule has 3 fully saturated rings. The molecule has 0 bridgehead atoms. The first kappa shape index (κ1) is 12.9. The summed E-state index contributed by atoms with van der Waals surface area (Å²) in [6, 6.07) is 0.887. The summed E-state index contributed by atoms with van der Waals surface area (Å²) in [5.41, 5.74) is 6.64. The Balaban J connectivity index is 1.78. The monoisotopic (exact) mass is 250 g/mol. The quantitative estimate of drug-likeness (QED) is 0.833. The Kier molecular flexibility index (Phi) is 3.68. The molecule has 0 radical (unpaired) electrons. The van der Waals surface area contributed by atoms with Crippen LogP contribution in [-0.2, 0) is 0 Å².